The van der Waals surface area contributed by atoms with Crippen LogP contribution in [0.25, 0.3) is 0 Å². The standard InChI is InChI=1S/C16H17N3O3/c1-21-14-9-7-13(8-10-14)18-15(20)11-22-19-16(17)12-5-3-2-4-6-12/h2-10H,11H2,1H3,(H2,17,19)(H,18,20). The Hall–Kier alpha value is -3.02. The molecule has 6 nitrogen and oxygen atoms in total. The van der Waals surface area contributed by atoms with Crippen LogP contribution in [0.3, 0.4) is 0 Å². The van der Waals surface area contributed by atoms with Gasteiger partial charge in [-0.25, -0.2) is 0 Å². The second kappa shape index (κ2) is 7.68. The van der Waals surface area contributed by atoms with Crippen LogP contribution in [0.4, 0.5) is 5.69 Å². The molecule has 0 aromatic heterocycles. The summed E-state index contributed by atoms with van der Waals surface area (Å²) in [6, 6.07) is 16.1. The van der Waals surface area contributed by atoms with E-state index in [2.05, 4.69) is 10.5 Å². The highest BCUT2D eigenvalue weighted by Crippen LogP contribution is 2.14. The number of nitrogens with one attached hydrogen (secondary N) is 1. The maximum absolute atomic E-state index is 11.7. The van der Waals surface area contributed by atoms with E-state index in [9.17, 15) is 4.79 Å². The van der Waals surface area contributed by atoms with Gasteiger partial charge in [-0.05, 0) is 24.3 Å². The molecule has 6 heteroatoms. The topological polar surface area (TPSA) is 85.9 Å². The predicted molar refractivity (Wildman–Crippen MR) is 84.7 cm³/mol. The molecule has 22 heavy (non-hydrogen) atoms. The van der Waals surface area contributed by atoms with E-state index in [0.29, 0.717) is 5.69 Å². The monoisotopic (exact) mass is 299 g/mol. The zero-order valence-electron chi connectivity index (χ0n) is 12.2. The zero-order valence-corrected chi connectivity index (χ0v) is 12.2. The fraction of sp³-hybridized carbons (Fsp3) is 0.125. The smallest absolute Gasteiger partial charge is 0.265 e. The average Bonchev–Trinajstić information content (AvgIpc) is 2.56. The maximum atomic E-state index is 11.7. The molecule has 0 heterocycles. The first-order valence-electron chi connectivity index (χ1n) is 6.64. The van der Waals surface area contributed by atoms with Gasteiger partial charge in [-0.2, -0.15) is 0 Å². The lowest BCUT2D eigenvalue weighted by Gasteiger charge is -2.06. The number of amidine groups is 1. The summed E-state index contributed by atoms with van der Waals surface area (Å²) < 4.78 is 5.04. The number of amides is 1. The van der Waals surface area contributed by atoms with E-state index in [0.717, 1.165) is 11.3 Å². The van der Waals surface area contributed by atoms with Crippen LogP contribution in [0.1, 0.15) is 5.56 Å². The molecule has 1 amide bonds. The Balaban J connectivity index is 1.82. The van der Waals surface area contributed by atoms with Crippen molar-refractivity contribution in [2.75, 3.05) is 19.0 Å². The van der Waals surface area contributed by atoms with E-state index in [1.54, 1.807) is 43.5 Å². The molecule has 2 rings (SSSR count). The van der Waals surface area contributed by atoms with Crippen LogP contribution < -0.4 is 15.8 Å². The van der Waals surface area contributed by atoms with Gasteiger partial charge in [0, 0.05) is 11.3 Å². The summed E-state index contributed by atoms with van der Waals surface area (Å²) in [5, 5.41) is 6.39. The summed E-state index contributed by atoms with van der Waals surface area (Å²) in [4.78, 5) is 16.7. The van der Waals surface area contributed by atoms with Crippen molar-refractivity contribution in [1.29, 1.82) is 0 Å². The number of benzene rings is 2. The fourth-order valence-electron chi connectivity index (χ4n) is 1.69. The first-order chi connectivity index (χ1) is 10.7. The van der Waals surface area contributed by atoms with Gasteiger partial charge in [-0.3, -0.25) is 4.79 Å². The van der Waals surface area contributed by atoms with Gasteiger partial charge in [0.2, 0.25) is 0 Å². The molecule has 0 fully saturated rings. The third kappa shape index (κ3) is 4.52. The van der Waals surface area contributed by atoms with Gasteiger partial charge in [-0.1, -0.05) is 35.5 Å². The molecule has 2 aromatic rings. The summed E-state index contributed by atoms with van der Waals surface area (Å²) >= 11 is 0. The Morgan fingerprint density at radius 3 is 2.45 bits per heavy atom. The number of nitrogens with zero attached hydrogens (tertiary/aromatic N) is 1. The molecule has 0 spiro atoms. The van der Waals surface area contributed by atoms with Crippen LogP contribution in [0.2, 0.25) is 0 Å². The molecule has 0 unspecified atom stereocenters. The largest absolute Gasteiger partial charge is 0.497 e. The summed E-state index contributed by atoms with van der Waals surface area (Å²) in [5.41, 5.74) is 7.13. The van der Waals surface area contributed by atoms with E-state index < -0.39 is 0 Å². The van der Waals surface area contributed by atoms with Crippen molar-refractivity contribution < 1.29 is 14.4 Å². The molecule has 0 saturated heterocycles. The molecule has 0 aliphatic carbocycles. The highest BCUT2D eigenvalue weighted by atomic mass is 16.6. The Bertz CT molecular complexity index is 639. The molecule has 114 valence electrons. The lowest BCUT2D eigenvalue weighted by molar-refractivity contribution is -0.120. The summed E-state index contributed by atoms with van der Waals surface area (Å²) in [6.45, 7) is -0.223. The van der Waals surface area contributed by atoms with Gasteiger partial charge < -0.3 is 20.6 Å². The molecular weight excluding hydrogens is 282 g/mol. The number of anilines is 1. The quantitative estimate of drug-likeness (QED) is 0.485. The fourth-order valence-corrected chi connectivity index (χ4v) is 1.69. The second-order valence-electron chi connectivity index (χ2n) is 4.39. The van der Waals surface area contributed by atoms with E-state index >= 15 is 0 Å². The van der Waals surface area contributed by atoms with Gasteiger partial charge in [-0.15, -0.1) is 0 Å². The van der Waals surface area contributed by atoms with Crippen LogP contribution in [0.15, 0.2) is 59.8 Å². The van der Waals surface area contributed by atoms with Crippen molar-refractivity contribution in [3.05, 3.63) is 60.2 Å². The number of rotatable bonds is 6. The molecule has 0 atom stereocenters. The summed E-state index contributed by atoms with van der Waals surface area (Å²) in [6.07, 6.45) is 0. The number of oxime groups is 1. The second-order valence-corrected chi connectivity index (χ2v) is 4.39. The molecule has 3 N–H and O–H groups in total. The van der Waals surface area contributed by atoms with Gasteiger partial charge in [0.25, 0.3) is 5.91 Å². The van der Waals surface area contributed by atoms with Crippen molar-refractivity contribution in [3.63, 3.8) is 0 Å². The molecule has 2 aromatic carbocycles. The summed E-state index contributed by atoms with van der Waals surface area (Å²) in [5.74, 6) is 0.613. The van der Waals surface area contributed by atoms with E-state index in [4.69, 9.17) is 15.3 Å². The van der Waals surface area contributed by atoms with Crippen molar-refractivity contribution in [1.82, 2.24) is 0 Å². The first kappa shape index (κ1) is 15.4. The Morgan fingerprint density at radius 1 is 1.14 bits per heavy atom. The number of ether oxygens (including phenoxy) is 1. The van der Waals surface area contributed by atoms with E-state index in [1.165, 1.54) is 0 Å². The normalized spacial score (nSPS) is 10.9. The molecular formula is C16H17N3O3. The molecule has 0 radical (unpaired) electrons. The average molecular weight is 299 g/mol. The third-order valence-corrected chi connectivity index (χ3v) is 2.80. The lowest BCUT2D eigenvalue weighted by Crippen LogP contribution is -2.19. The van der Waals surface area contributed by atoms with Crippen molar-refractivity contribution in [3.8, 4) is 5.75 Å². The van der Waals surface area contributed by atoms with Crippen molar-refractivity contribution in [2.45, 2.75) is 0 Å². The highest BCUT2D eigenvalue weighted by molar-refractivity contribution is 5.97. The zero-order chi connectivity index (χ0) is 15.8. The summed E-state index contributed by atoms with van der Waals surface area (Å²) in [7, 11) is 1.58. The van der Waals surface area contributed by atoms with Crippen molar-refractivity contribution in [2.24, 2.45) is 10.9 Å². The minimum Gasteiger partial charge on any atom is -0.497 e. The number of carbonyl (C=O) groups is 1. The Kier molecular flexibility index (Phi) is 5.37. The van der Waals surface area contributed by atoms with Gasteiger partial charge >= 0.3 is 0 Å². The number of methoxy groups -OCH3 is 1. The minimum atomic E-state index is -0.324. The van der Waals surface area contributed by atoms with Crippen LogP contribution in [0, 0.1) is 0 Å². The van der Waals surface area contributed by atoms with Gasteiger partial charge in [0.15, 0.2) is 12.4 Å². The van der Waals surface area contributed by atoms with Crippen LogP contribution >= 0.6 is 0 Å². The van der Waals surface area contributed by atoms with Crippen molar-refractivity contribution >= 4 is 17.4 Å². The Morgan fingerprint density at radius 2 is 1.82 bits per heavy atom. The maximum Gasteiger partial charge on any atom is 0.265 e. The minimum absolute atomic E-state index is 0.220. The van der Waals surface area contributed by atoms with Crippen LogP contribution in [-0.4, -0.2) is 25.5 Å². The predicted octanol–water partition coefficient (Wildman–Crippen LogP) is 1.97. The number of hydrogen-bond donors (Lipinski definition) is 2. The highest BCUT2D eigenvalue weighted by Gasteiger charge is 2.04. The SMILES string of the molecule is COc1ccc(NC(=O)CO/N=C(/N)c2ccccc2)cc1. The van der Waals surface area contributed by atoms with E-state index in [-0.39, 0.29) is 18.3 Å². The number of nitrogens with two attached hydrogens (primary N) is 1. The molecule has 0 aliphatic rings. The Labute approximate surface area is 128 Å². The van der Waals surface area contributed by atoms with Crippen LogP contribution in [0.5, 0.6) is 5.75 Å². The number of hydrogen-bond acceptors (Lipinski definition) is 4. The molecule has 0 saturated carbocycles. The third-order valence-electron chi connectivity index (χ3n) is 2.80. The number of carbonyl (C=O) groups excluding carboxylic acids is 1. The van der Waals surface area contributed by atoms with E-state index in [1.807, 2.05) is 18.2 Å². The van der Waals surface area contributed by atoms with Crippen LogP contribution in [-0.2, 0) is 9.63 Å². The molecule has 0 bridgehead atoms. The van der Waals surface area contributed by atoms with Gasteiger partial charge in [0.05, 0.1) is 7.11 Å². The molecule has 0 aliphatic heterocycles. The van der Waals surface area contributed by atoms with Gasteiger partial charge in [0.1, 0.15) is 5.75 Å². The lowest BCUT2D eigenvalue weighted by atomic mass is 10.2. The first-order valence-corrected chi connectivity index (χ1v) is 6.64.